The van der Waals surface area contributed by atoms with Crippen LogP contribution in [0.1, 0.15) is 53.7 Å². The molecule has 7 rings (SSSR count). The highest BCUT2D eigenvalue weighted by molar-refractivity contribution is 5.87. The van der Waals surface area contributed by atoms with E-state index in [9.17, 15) is 34.5 Å². The number of aliphatic hydroxyl groups excluding tert-OH is 1. The molecule has 51 heavy (non-hydrogen) atoms. The van der Waals surface area contributed by atoms with E-state index in [1.807, 2.05) is 19.2 Å². The summed E-state index contributed by atoms with van der Waals surface area (Å²) in [4.78, 5) is 53.9. The SMILES string of the molecule is COc1ccc2c3c1O[C@H]1C(OC(=O)C[C@H](O)C(=O)O[C@H](C(=O)O[C@H](C(=O)O)c4ccccc4)c4ccccc4)=CC[C@@]4(O)[C@@H](C2)N(C)CC[C@]314. The topological polar surface area (TPSA) is 178 Å². The highest BCUT2D eigenvalue weighted by Crippen LogP contribution is 2.65. The van der Waals surface area contributed by atoms with E-state index in [4.69, 9.17) is 23.7 Å². The second-order valence-electron chi connectivity index (χ2n) is 13.3. The van der Waals surface area contributed by atoms with Gasteiger partial charge in [-0.15, -0.1) is 0 Å². The minimum atomic E-state index is -2.06. The average Bonchev–Trinajstić information content (AvgIpc) is 3.48. The van der Waals surface area contributed by atoms with Crippen molar-refractivity contribution in [2.45, 2.75) is 67.2 Å². The van der Waals surface area contributed by atoms with E-state index in [1.54, 1.807) is 42.5 Å². The van der Waals surface area contributed by atoms with Gasteiger partial charge in [-0.05, 0) is 44.1 Å². The summed E-state index contributed by atoms with van der Waals surface area (Å²) in [5, 5.41) is 32.9. The van der Waals surface area contributed by atoms with Crippen LogP contribution in [-0.2, 0) is 45.2 Å². The number of aliphatic carboxylic acids is 1. The number of benzene rings is 3. The molecule has 3 aromatic rings. The van der Waals surface area contributed by atoms with Crippen LogP contribution in [0.15, 0.2) is 84.6 Å². The molecule has 2 heterocycles. The molecule has 0 unspecified atom stereocenters. The molecular weight excluding hydrogens is 662 g/mol. The van der Waals surface area contributed by atoms with E-state index in [-0.39, 0.29) is 29.3 Å². The molecule has 0 aromatic heterocycles. The van der Waals surface area contributed by atoms with Crippen LogP contribution in [0.25, 0.3) is 0 Å². The Morgan fingerprint density at radius 2 is 1.59 bits per heavy atom. The fourth-order valence-corrected chi connectivity index (χ4v) is 8.14. The van der Waals surface area contributed by atoms with Crippen molar-refractivity contribution >= 4 is 23.9 Å². The number of hydrogen-bond acceptors (Lipinski definition) is 12. The minimum absolute atomic E-state index is 0.144. The lowest BCUT2D eigenvalue weighted by atomic mass is 9.50. The number of likely N-dealkylation sites (N-methyl/N-ethyl adjacent to an activating group) is 1. The van der Waals surface area contributed by atoms with Gasteiger partial charge in [-0.3, -0.25) is 4.79 Å². The van der Waals surface area contributed by atoms with Gasteiger partial charge in [0.15, 0.2) is 23.7 Å². The van der Waals surface area contributed by atoms with Crippen LogP contribution in [-0.4, -0.2) is 88.6 Å². The Morgan fingerprint density at radius 1 is 0.941 bits per heavy atom. The molecule has 3 aromatic carbocycles. The molecule has 2 bridgehead atoms. The van der Waals surface area contributed by atoms with Gasteiger partial charge in [-0.2, -0.15) is 0 Å². The van der Waals surface area contributed by atoms with E-state index in [0.717, 1.165) is 11.1 Å². The first kappa shape index (κ1) is 34.2. The van der Waals surface area contributed by atoms with Gasteiger partial charge in [0.1, 0.15) is 5.76 Å². The van der Waals surface area contributed by atoms with E-state index in [1.165, 1.54) is 31.4 Å². The Kier molecular flexibility index (Phi) is 8.82. The number of ether oxygens (including phenoxy) is 5. The molecule has 13 nitrogen and oxygen atoms in total. The van der Waals surface area contributed by atoms with Crippen LogP contribution < -0.4 is 9.47 Å². The van der Waals surface area contributed by atoms with Crippen molar-refractivity contribution in [3.05, 3.63) is 107 Å². The second-order valence-corrected chi connectivity index (χ2v) is 13.3. The largest absolute Gasteiger partial charge is 0.493 e. The summed E-state index contributed by atoms with van der Waals surface area (Å²) >= 11 is 0. The molecule has 0 amide bonds. The van der Waals surface area contributed by atoms with Crippen LogP contribution in [0.4, 0.5) is 0 Å². The molecule has 3 N–H and O–H groups in total. The van der Waals surface area contributed by atoms with Crippen molar-refractivity contribution in [1.82, 2.24) is 4.90 Å². The number of esters is 3. The predicted octanol–water partition coefficient (Wildman–Crippen LogP) is 2.92. The molecule has 1 saturated heterocycles. The van der Waals surface area contributed by atoms with Crippen molar-refractivity contribution in [3.8, 4) is 11.5 Å². The highest BCUT2D eigenvalue weighted by Gasteiger charge is 2.72. The van der Waals surface area contributed by atoms with Crippen molar-refractivity contribution in [2.24, 2.45) is 0 Å². The summed E-state index contributed by atoms with van der Waals surface area (Å²) in [5.41, 5.74) is 0.0436. The van der Waals surface area contributed by atoms with Crippen molar-refractivity contribution in [2.75, 3.05) is 20.7 Å². The fourth-order valence-electron chi connectivity index (χ4n) is 8.14. The molecule has 4 aliphatic rings. The van der Waals surface area contributed by atoms with Crippen LogP contribution in [0.3, 0.4) is 0 Å². The van der Waals surface area contributed by atoms with Crippen molar-refractivity contribution in [1.29, 1.82) is 0 Å². The summed E-state index contributed by atoms with van der Waals surface area (Å²) in [5.74, 6) is -3.83. The molecule has 13 heteroatoms. The zero-order chi connectivity index (χ0) is 36.1. The Labute approximate surface area is 292 Å². The monoisotopic (exact) mass is 699 g/mol. The first-order valence-electron chi connectivity index (χ1n) is 16.6. The molecule has 2 aliphatic carbocycles. The highest BCUT2D eigenvalue weighted by atomic mass is 16.6. The maximum absolute atomic E-state index is 13.3. The zero-order valence-corrected chi connectivity index (χ0v) is 27.9. The number of methoxy groups -OCH3 is 1. The number of likely N-dealkylation sites (tertiary alicyclic amines) is 1. The third kappa shape index (κ3) is 5.61. The Hall–Kier alpha value is -5.24. The molecular formula is C38H37NO12. The van der Waals surface area contributed by atoms with Crippen molar-refractivity contribution in [3.63, 3.8) is 0 Å². The summed E-state index contributed by atoms with van der Waals surface area (Å²) < 4.78 is 28.5. The average molecular weight is 700 g/mol. The second kappa shape index (κ2) is 13.1. The van der Waals surface area contributed by atoms with Crippen LogP contribution in [0, 0.1) is 0 Å². The lowest BCUT2D eigenvalue weighted by Crippen LogP contribution is -2.74. The molecule has 2 aliphatic heterocycles. The standard InChI is InChI=1S/C38H37NO12/c1-39-18-17-37-29-23-13-14-25(47-2)32(29)49-33(37)26(15-16-38(37,46)27(39)19-23)48-28(41)20-24(40)35(44)51-31(22-11-7-4-8-12-22)36(45)50-30(34(42)43)21-9-5-3-6-10-21/h3-15,24,27,30-31,33,40,46H,16-20H2,1-2H3,(H,42,43)/t24-,27+,30-,31-,33-,37-,38+/m0/s1. The van der Waals surface area contributed by atoms with Gasteiger partial charge in [-0.1, -0.05) is 66.7 Å². The third-order valence-corrected chi connectivity index (χ3v) is 10.5. The number of hydrogen-bond donors (Lipinski definition) is 3. The van der Waals surface area contributed by atoms with E-state index in [2.05, 4.69) is 4.90 Å². The maximum Gasteiger partial charge on any atom is 0.353 e. The number of carboxylic acid groups (broad SMARTS) is 1. The number of carbonyl (C=O) groups excluding carboxylic acids is 3. The van der Waals surface area contributed by atoms with Gasteiger partial charge >= 0.3 is 23.9 Å². The molecule has 1 spiro atoms. The van der Waals surface area contributed by atoms with Crippen LogP contribution in [0.5, 0.6) is 11.5 Å². The molecule has 7 atom stereocenters. The minimum Gasteiger partial charge on any atom is -0.493 e. The van der Waals surface area contributed by atoms with Gasteiger partial charge < -0.3 is 43.9 Å². The summed E-state index contributed by atoms with van der Waals surface area (Å²) in [6, 6.07) is 19.1. The fraction of sp³-hybridized carbons (Fsp3) is 0.368. The Bertz CT molecular complexity index is 1900. The van der Waals surface area contributed by atoms with Crippen LogP contribution >= 0.6 is 0 Å². The van der Waals surface area contributed by atoms with Gasteiger partial charge in [0, 0.05) is 29.2 Å². The van der Waals surface area contributed by atoms with E-state index in [0.29, 0.717) is 30.9 Å². The summed E-state index contributed by atoms with van der Waals surface area (Å²) in [7, 11) is 3.51. The van der Waals surface area contributed by atoms with Gasteiger partial charge in [0.25, 0.3) is 0 Å². The first-order valence-corrected chi connectivity index (χ1v) is 16.6. The predicted molar refractivity (Wildman–Crippen MR) is 176 cm³/mol. The van der Waals surface area contributed by atoms with Gasteiger partial charge in [0.05, 0.1) is 24.5 Å². The third-order valence-electron chi connectivity index (χ3n) is 10.5. The lowest BCUT2D eigenvalue weighted by molar-refractivity contribution is -0.182. The van der Waals surface area contributed by atoms with Gasteiger partial charge in [0.2, 0.25) is 12.2 Å². The molecule has 266 valence electrons. The quantitative estimate of drug-likeness (QED) is 0.197. The van der Waals surface area contributed by atoms with Crippen molar-refractivity contribution < 1.29 is 58.2 Å². The number of nitrogens with zero attached hydrogens (tertiary/aromatic N) is 1. The van der Waals surface area contributed by atoms with E-state index >= 15 is 0 Å². The number of rotatable bonds is 11. The first-order chi connectivity index (χ1) is 24.5. The molecule has 0 radical (unpaired) electrons. The zero-order valence-electron chi connectivity index (χ0n) is 27.9. The molecule has 0 saturated carbocycles. The Balaban J connectivity index is 1.08. The summed E-state index contributed by atoms with van der Waals surface area (Å²) in [6.07, 6.45) is -4.33. The summed E-state index contributed by atoms with van der Waals surface area (Å²) in [6.45, 7) is 0.665. The number of carboxylic acids is 1. The molecule has 1 fully saturated rings. The van der Waals surface area contributed by atoms with Crippen LogP contribution in [0.2, 0.25) is 0 Å². The number of piperidine rings is 1. The normalized spacial score (nSPS) is 25.9. The smallest absolute Gasteiger partial charge is 0.353 e. The lowest BCUT2D eigenvalue weighted by Gasteiger charge is -2.61. The Morgan fingerprint density at radius 3 is 2.24 bits per heavy atom. The van der Waals surface area contributed by atoms with Gasteiger partial charge in [-0.25, -0.2) is 14.4 Å². The number of aliphatic hydroxyl groups is 2. The maximum atomic E-state index is 13.3. The number of carbonyl (C=O) groups is 4. The van der Waals surface area contributed by atoms with E-state index < -0.39 is 65.7 Å².